The second kappa shape index (κ2) is 12.2. The lowest BCUT2D eigenvalue weighted by atomic mass is 10.2. The Morgan fingerprint density at radius 2 is 1.63 bits per heavy atom. The first-order chi connectivity index (χ1) is 16.8. The van der Waals surface area contributed by atoms with Crippen molar-refractivity contribution >= 4 is 39.4 Å². The van der Waals surface area contributed by atoms with Crippen molar-refractivity contribution in [3.8, 4) is 11.5 Å². The Morgan fingerprint density at radius 1 is 1.00 bits per heavy atom. The van der Waals surface area contributed by atoms with Crippen LogP contribution in [0.15, 0.2) is 82.8 Å². The average Bonchev–Trinajstić information content (AvgIpc) is 2.87. The van der Waals surface area contributed by atoms with Gasteiger partial charge in [-0.25, -0.2) is 13.8 Å². The summed E-state index contributed by atoms with van der Waals surface area (Å²) in [5, 5.41) is 4.39. The van der Waals surface area contributed by atoms with Crippen LogP contribution in [0.4, 0.5) is 5.69 Å². The summed E-state index contributed by atoms with van der Waals surface area (Å²) in [4.78, 5) is 12.6. The molecule has 184 valence electrons. The minimum atomic E-state index is -4.07. The molecular weight excluding hydrogens is 490 g/mol. The third kappa shape index (κ3) is 7.21. The van der Waals surface area contributed by atoms with E-state index < -0.39 is 22.5 Å². The van der Waals surface area contributed by atoms with Crippen LogP contribution in [-0.4, -0.2) is 40.8 Å². The number of nitrogens with zero attached hydrogens (tertiary/aromatic N) is 2. The number of carbonyl (C=O) groups is 1. The molecule has 0 aliphatic heterocycles. The topological polar surface area (TPSA) is 97.3 Å². The third-order valence-electron chi connectivity index (χ3n) is 4.81. The molecule has 8 nitrogen and oxygen atoms in total. The number of hydrazone groups is 1. The molecule has 0 fully saturated rings. The second-order valence-corrected chi connectivity index (χ2v) is 9.67. The highest BCUT2D eigenvalue weighted by atomic mass is 35.5. The van der Waals surface area contributed by atoms with Gasteiger partial charge in [-0.15, -0.1) is 0 Å². The molecule has 3 rings (SSSR count). The van der Waals surface area contributed by atoms with E-state index in [2.05, 4.69) is 10.5 Å². The number of methoxy groups -OCH3 is 1. The Balaban J connectivity index is 1.75. The van der Waals surface area contributed by atoms with Crippen molar-refractivity contribution in [3.63, 3.8) is 0 Å². The Hall–Kier alpha value is -3.56. The van der Waals surface area contributed by atoms with E-state index in [1.54, 1.807) is 24.3 Å². The smallest absolute Gasteiger partial charge is 0.264 e. The average molecular weight is 516 g/mol. The molecule has 0 aliphatic rings. The van der Waals surface area contributed by atoms with Crippen LogP contribution in [0.5, 0.6) is 11.5 Å². The minimum absolute atomic E-state index is 0.00920. The molecule has 0 heterocycles. The van der Waals surface area contributed by atoms with E-state index in [0.29, 0.717) is 17.4 Å². The Kier molecular flexibility index (Phi) is 9.11. The first-order valence-electron chi connectivity index (χ1n) is 10.8. The molecule has 0 atom stereocenters. The summed E-state index contributed by atoms with van der Waals surface area (Å²) in [6.07, 6.45) is 2.38. The Bertz CT molecular complexity index is 1250. The zero-order chi connectivity index (χ0) is 25.3. The summed E-state index contributed by atoms with van der Waals surface area (Å²) in [6, 6.07) is 19.3. The van der Waals surface area contributed by atoms with E-state index >= 15 is 0 Å². The molecule has 0 radical (unpaired) electrons. The molecule has 0 aromatic heterocycles. The van der Waals surface area contributed by atoms with Gasteiger partial charge in [-0.3, -0.25) is 9.10 Å². The molecule has 3 aromatic carbocycles. The fourth-order valence-corrected chi connectivity index (χ4v) is 4.56. The van der Waals surface area contributed by atoms with E-state index in [1.807, 2.05) is 19.1 Å². The number of amides is 1. The van der Waals surface area contributed by atoms with E-state index in [-0.39, 0.29) is 10.6 Å². The number of hydrogen-bond acceptors (Lipinski definition) is 6. The van der Waals surface area contributed by atoms with Crippen LogP contribution in [0.3, 0.4) is 0 Å². The minimum Gasteiger partial charge on any atom is -0.497 e. The number of hydrogen-bond donors (Lipinski definition) is 1. The van der Waals surface area contributed by atoms with Crippen LogP contribution in [0.25, 0.3) is 0 Å². The quantitative estimate of drug-likeness (QED) is 0.300. The molecule has 3 aromatic rings. The van der Waals surface area contributed by atoms with Gasteiger partial charge in [0.2, 0.25) is 0 Å². The van der Waals surface area contributed by atoms with Crippen molar-refractivity contribution < 1.29 is 22.7 Å². The van der Waals surface area contributed by atoms with Crippen LogP contribution < -0.4 is 19.2 Å². The summed E-state index contributed by atoms with van der Waals surface area (Å²) < 4.78 is 38.4. The number of anilines is 1. The maximum atomic E-state index is 13.4. The lowest BCUT2D eigenvalue weighted by Crippen LogP contribution is -2.39. The predicted molar refractivity (Wildman–Crippen MR) is 137 cm³/mol. The van der Waals surface area contributed by atoms with Crippen molar-refractivity contribution in [1.82, 2.24) is 5.43 Å². The van der Waals surface area contributed by atoms with Gasteiger partial charge in [-0.2, -0.15) is 5.10 Å². The predicted octanol–water partition coefficient (Wildman–Crippen LogP) is 4.48. The molecule has 0 spiro atoms. The van der Waals surface area contributed by atoms with Gasteiger partial charge in [0.15, 0.2) is 0 Å². The van der Waals surface area contributed by atoms with Crippen molar-refractivity contribution in [2.75, 3.05) is 24.6 Å². The molecule has 1 N–H and O–H groups in total. The van der Waals surface area contributed by atoms with Gasteiger partial charge in [0.05, 0.1) is 30.5 Å². The van der Waals surface area contributed by atoms with Crippen LogP contribution in [0, 0.1) is 0 Å². The standard InChI is InChI=1S/C25H26ClN3O5S/c1-3-16-34-23-10-4-19(5-11-23)17-27-28-25(30)18-29(21-8-6-20(26)7-9-21)35(31,32)24-14-12-22(33-2)13-15-24/h4-15,17H,3,16,18H2,1-2H3,(H,28,30)/b27-17-. The number of benzene rings is 3. The molecule has 0 bridgehead atoms. The number of rotatable bonds is 11. The number of halogens is 1. The summed E-state index contributed by atoms with van der Waals surface area (Å²) in [5.41, 5.74) is 3.41. The highest BCUT2D eigenvalue weighted by Gasteiger charge is 2.27. The fourth-order valence-electron chi connectivity index (χ4n) is 3.01. The van der Waals surface area contributed by atoms with Crippen molar-refractivity contribution in [2.24, 2.45) is 5.10 Å². The van der Waals surface area contributed by atoms with E-state index in [4.69, 9.17) is 21.1 Å². The molecule has 0 saturated heterocycles. The second-order valence-electron chi connectivity index (χ2n) is 7.37. The number of sulfonamides is 1. The fraction of sp³-hybridized carbons (Fsp3) is 0.200. The van der Waals surface area contributed by atoms with E-state index in [1.165, 1.54) is 49.7 Å². The van der Waals surface area contributed by atoms with Crippen molar-refractivity contribution in [2.45, 2.75) is 18.2 Å². The highest BCUT2D eigenvalue weighted by Crippen LogP contribution is 2.26. The van der Waals surface area contributed by atoms with Gasteiger partial charge < -0.3 is 9.47 Å². The first-order valence-corrected chi connectivity index (χ1v) is 12.6. The number of ether oxygens (including phenoxy) is 2. The monoisotopic (exact) mass is 515 g/mol. The summed E-state index contributed by atoms with van der Waals surface area (Å²) in [6.45, 7) is 2.17. The van der Waals surface area contributed by atoms with Crippen LogP contribution in [0.2, 0.25) is 5.02 Å². The molecule has 0 aliphatic carbocycles. The summed E-state index contributed by atoms with van der Waals surface area (Å²) in [5.74, 6) is 0.644. The van der Waals surface area contributed by atoms with Crippen LogP contribution in [0.1, 0.15) is 18.9 Å². The molecular formula is C25H26ClN3O5S. The van der Waals surface area contributed by atoms with E-state index in [9.17, 15) is 13.2 Å². The van der Waals surface area contributed by atoms with Gasteiger partial charge in [-0.1, -0.05) is 18.5 Å². The SMILES string of the molecule is CCCOc1ccc(/C=N\NC(=O)CN(c2ccc(Cl)cc2)S(=O)(=O)c2ccc(OC)cc2)cc1. The van der Waals surface area contributed by atoms with Crippen LogP contribution in [-0.2, 0) is 14.8 Å². The normalized spacial score (nSPS) is 11.3. The van der Waals surface area contributed by atoms with Gasteiger partial charge >= 0.3 is 0 Å². The zero-order valence-electron chi connectivity index (χ0n) is 19.3. The van der Waals surface area contributed by atoms with E-state index in [0.717, 1.165) is 22.0 Å². The molecule has 35 heavy (non-hydrogen) atoms. The lowest BCUT2D eigenvalue weighted by Gasteiger charge is -2.23. The maximum absolute atomic E-state index is 13.4. The third-order valence-corrected chi connectivity index (χ3v) is 6.85. The van der Waals surface area contributed by atoms with Gasteiger partial charge in [0, 0.05) is 5.02 Å². The Labute approximate surface area is 210 Å². The highest BCUT2D eigenvalue weighted by molar-refractivity contribution is 7.92. The molecule has 10 heteroatoms. The van der Waals surface area contributed by atoms with Crippen LogP contribution >= 0.6 is 11.6 Å². The largest absolute Gasteiger partial charge is 0.497 e. The number of carbonyl (C=O) groups excluding carboxylic acids is 1. The van der Waals surface area contributed by atoms with Crippen molar-refractivity contribution in [1.29, 1.82) is 0 Å². The molecule has 1 amide bonds. The number of nitrogens with one attached hydrogen (secondary N) is 1. The molecule has 0 saturated carbocycles. The zero-order valence-corrected chi connectivity index (χ0v) is 20.9. The van der Waals surface area contributed by atoms with Gasteiger partial charge in [0.1, 0.15) is 18.0 Å². The summed E-state index contributed by atoms with van der Waals surface area (Å²) >= 11 is 5.96. The van der Waals surface area contributed by atoms with Crippen molar-refractivity contribution in [3.05, 3.63) is 83.4 Å². The van der Waals surface area contributed by atoms with Gasteiger partial charge in [-0.05, 0) is 84.8 Å². The molecule has 0 unspecified atom stereocenters. The summed E-state index contributed by atoms with van der Waals surface area (Å²) in [7, 11) is -2.58. The maximum Gasteiger partial charge on any atom is 0.264 e. The first kappa shape index (κ1) is 26.1. The lowest BCUT2D eigenvalue weighted by molar-refractivity contribution is -0.119. The Morgan fingerprint density at radius 3 is 2.23 bits per heavy atom. The van der Waals surface area contributed by atoms with Gasteiger partial charge in [0.25, 0.3) is 15.9 Å².